The second-order valence-corrected chi connectivity index (χ2v) is 5.24. The Hall–Kier alpha value is -1.62. The molecule has 0 aliphatic rings. The number of halogens is 1. The minimum absolute atomic E-state index is 0.307. The van der Waals surface area contributed by atoms with Crippen LogP contribution in [-0.2, 0) is 6.54 Å². The van der Waals surface area contributed by atoms with E-state index in [1.54, 1.807) is 17.4 Å². The van der Waals surface area contributed by atoms with Gasteiger partial charge in [-0.3, -0.25) is 0 Å². The number of hydrogen-bond donors (Lipinski definition) is 1. The standard InChI is InChI=1S/C13H15FN2OS/c1-8-9(2)18-13(16-8)7-15-11-5-4-10(14)6-12(11)17-3/h4-6,15H,7H2,1-3H3. The molecular formula is C13H15FN2OS. The lowest BCUT2D eigenvalue weighted by atomic mass is 10.3. The van der Waals surface area contributed by atoms with Crippen molar-refractivity contribution in [2.45, 2.75) is 20.4 Å². The highest BCUT2D eigenvalue weighted by molar-refractivity contribution is 7.11. The van der Waals surface area contributed by atoms with Gasteiger partial charge in [0.2, 0.25) is 0 Å². The number of nitrogens with zero attached hydrogens (tertiary/aromatic N) is 1. The summed E-state index contributed by atoms with van der Waals surface area (Å²) >= 11 is 1.66. The second-order valence-electron chi connectivity index (χ2n) is 3.95. The van der Waals surface area contributed by atoms with Crippen molar-refractivity contribution in [3.05, 3.63) is 39.6 Å². The zero-order valence-corrected chi connectivity index (χ0v) is 11.4. The average Bonchev–Trinajstić information content (AvgIpc) is 2.67. The molecule has 0 atom stereocenters. The van der Waals surface area contributed by atoms with Gasteiger partial charge in [0.15, 0.2) is 0 Å². The molecule has 0 fully saturated rings. The van der Waals surface area contributed by atoms with Gasteiger partial charge in [0, 0.05) is 10.9 Å². The first-order valence-corrected chi connectivity index (χ1v) is 6.42. The van der Waals surface area contributed by atoms with Gasteiger partial charge in [-0.1, -0.05) is 0 Å². The van der Waals surface area contributed by atoms with Gasteiger partial charge in [0.1, 0.15) is 16.6 Å². The summed E-state index contributed by atoms with van der Waals surface area (Å²) in [6, 6.07) is 4.44. The molecule has 0 spiro atoms. The summed E-state index contributed by atoms with van der Waals surface area (Å²) in [6.45, 7) is 4.66. The molecular weight excluding hydrogens is 251 g/mol. The molecule has 1 aromatic carbocycles. The van der Waals surface area contributed by atoms with Crippen molar-refractivity contribution in [2.24, 2.45) is 0 Å². The van der Waals surface area contributed by atoms with Crippen LogP contribution in [0.2, 0.25) is 0 Å². The molecule has 0 saturated carbocycles. The first-order chi connectivity index (χ1) is 8.60. The first-order valence-electron chi connectivity index (χ1n) is 5.60. The van der Waals surface area contributed by atoms with E-state index >= 15 is 0 Å². The molecule has 0 radical (unpaired) electrons. The summed E-state index contributed by atoms with van der Waals surface area (Å²) in [7, 11) is 1.53. The Morgan fingerprint density at radius 3 is 2.78 bits per heavy atom. The smallest absolute Gasteiger partial charge is 0.144 e. The Balaban J connectivity index is 2.10. The maximum atomic E-state index is 13.0. The Labute approximate surface area is 110 Å². The van der Waals surface area contributed by atoms with Crippen LogP contribution in [0, 0.1) is 19.7 Å². The van der Waals surface area contributed by atoms with Crippen LogP contribution in [0.15, 0.2) is 18.2 Å². The van der Waals surface area contributed by atoms with Crippen LogP contribution < -0.4 is 10.1 Å². The van der Waals surface area contributed by atoms with Gasteiger partial charge in [-0.15, -0.1) is 11.3 Å². The van der Waals surface area contributed by atoms with Crippen LogP contribution in [-0.4, -0.2) is 12.1 Å². The summed E-state index contributed by atoms with van der Waals surface area (Å²) in [5.41, 5.74) is 1.83. The quantitative estimate of drug-likeness (QED) is 0.919. The fourth-order valence-electron chi connectivity index (χ4n) is 1.60. The molecule has 0 unspecified atom stereocenters. The number of rotatable bonds is 4. The summed E-state index contributed by atoms with van der Waals surface area (Å²) in [5.74, 6) is 0.193. The van der Waals surface area contributed by atoms with Gasteiger partial charge in [-0.25, -0.2) is 9.37 Å². The van der Waals surface area contributed by atoms with E-state index in [1.807, 2.05) is 6.92 Å². The third kappa shape index (κ3) is 2.79. The zero-order chi connectivity index (χ0) is 13.1. The second kappa shape index (κ2) is 5.35. The Bertz CT molecular complexity index is 534. The minimum atomic E-state index is -0.307. The number of hydrogen-bond acceptors (Lipinski definition) is 4. The molecule has 5 heteroatoms. The van der Waals surface area contributed by atoms with Crippen LogP contribution in [0.4, 0.5) is 10.1 Å². The molecule has 1 N–H and O–H groups in total. The van der Waals surface area contributed by atoms with Crippen molar-refractivity contribution >= 4 is 17.0 Å². The van der Waals surface area contributed by atoms with E-state index in [9.17, 15) is 4.39 Å². The molecule has 1 aromatic heterocycles. The first kappa shape index (κ1) is 12.8. The fourth-order valence-corrected chi connectivity index (χ4v) is 2.47. The number of thiazole rings is 1. The van der Waals surface area contributed by atoms with E-state index < -0.39 is 0 Å². The Morgan fingerprint density at radius 2 is 2.17 bits per heavy atom. The van der Waals surface area contributed by atoms with Gasteiger partial charge < -0.3 is 10.1 Å². The lowest BCUT2D eigenvalue weighted by Crippen LogP contribution is -2.01. The lowest BCUT2D eigenvalue weighted by Gasteiger charge is -2.09. The van der Waals surface area contributed by atoms with E-state index in [2.05, 4.69) is 17.2 Å². The van der Waals surface area contributed by atoms with Crippen LogP contribution >= 0.6 is 11.3 Å². The molecule has 0 amide bonds. The summed E-state index contributed by atoms with van der Waals surface area (Å²) in [6.07, 6.45) is 0. The molecule has 0 aliphatic heterocycles. The molecule has 1 heterocycles. The van der Waals surface area contributed by atoms with Gasteiger partial charge in [-0.2, -0.15) is 0 Å². The van der Waals surface area contributed by atoms with Crippen LogP contribution in [0.1, 0.15) is 15.6 Å². The van der Waals surface area contributed by atoms with Crippen LogP contribution in [0.3, 0.4) is 0 Å². The summed E-state index contributed by atoms with van der Waals surface area (Å²) in [5, 5.41) is 4.22. The topological polar surface area (TPSA) is 34.1 Å². The lowest BCUT2D eigenvalue weighted by molar-refractivity contribution is 0.413. The molecule has 3 nitrogen and oxygen atoms in total. The molecule has 2 rings (SSSR count). The Kier molecular flexibility index (Phi) is 3.81. The van der Waals surface area contributed by atoms with Crippen molar-refractivity contribution in [2.75, 3.05) is 12.4 Å². The summed E-state index contributed by atoms with van der Waals surface area (Å²) < 4.78 is 18.2. The van der Waals surface area contributed by atoms with E-state index in [0.717, 1.165) is 16.4 Å². The van der Waals surface area contributed by atoms with Crippen LogP contribution in [0.25, 0.3) is 0 Å². The Morgan fingerprint density at radius 1 is 1.39 bits per heavy atom. The molecule has 0 bridgehead atoms. The number of ether oxygens (including phenoxy) is 1. The number of anilines is 1. The number of methoxy groups -OCH3 is 1. The van der Waals surface area contributed by atoms with E-state index in [0.29, 0.717) is 12.3 Å². The molecule has 2 aromatic rings. The van der Waals surface area contributed by atoms with Crippen molar-refractivity contribution in [1.82, 2.24) is 4.98 Å². The largest absolute Gasteiger partial charge is 0.494 e. The number of benzene rings is 1. The van der Waals surface area contributed by atoms with Crippen molar-refractivity contribution in [1.29, 1.82) is 0 Å². The SMILES string of the molecule is COc1cc(F)ccc1NCc1nc(C)c(C)s1. The number of aryl methyl sites for hydroxylation is 2. The highest BCUT2D eigenvalue weighted by Crippen LogP contribution is 2.26. The van der Waals surface area contributed by atoms with Gasteiger partial charge in [0.05, 0.1) is 25.0 Å². The van der Waals surface area contributed by atoms with Crippen molar-refractivity contribution in [3.63, 3.8) is 0 Å². The average molecular weight is 266 g/mol. The van der Waals surface area contributed by atoms with Gasteiger partial charge in [-0.05, 0) is 26.0 Å². The normalized spacial score (nSPS) is 10.4. The molecule has 0 aliphatic carbocycles. The van der Waals surface area contributed by atoms with Crippen molar-refractivity contribution in [3.8, 4) is 5.75 Å². The maximum Gasteiger partial charge on any atom is 0.144 e. The van der Waals surface area contributed by atoms with Gasteiger partial charge in [0.25, 0.3) is 0 Å². The molecule has 0 saturated heterocycles. The molecule has 96 valence electrons. The number of nitrogens with one attached hydrogen (secondary N) is 1. The predicted molar refractivity (Wildman–Crippen MR) is 71.9 cm³/mol. The van der Waals surface area contributed by atoms with E-state index in [4.69, 9.17) is 4.74 Å². The van der Waals surface area contributed by atoms with E-state index in [1.165, 1.54) is 24.1 Å². The predicted octanol–water partition coefficient (Wildman–Crippen LogP) is 3.52. The zero-order valence-electron chi connectivity index (χ0n) is 10.6. The minimum Gasteiger partial charge on any atom is -0.494 e. The highest BCUT2D eigenvalue weighted by atomic mass is 32.1. The fraction of sp³-hybridized carbons (Fsp3) is 0.308. The third-order valence-electron chi connectivity index (χ3n) is 2.67. The monoisotopic (exact) mass is 266 g/mol. The van der Waals surface area contributed by atoms with Crippen molar-refractivity contribution < 1.29 is 9.13 Å². The summed E-state index contributed by atoms with van der Waals surface area (Å²) in [4.78, 5) is 5.66. The third-order valence-corrected chi connectivity index (χ3v) is 3.74. The van der Waals surface area contributed by atoms with Gasteiger partial charge >= 0.3 is 0 Å². The van der Waals surface area contributed by atoms with Crippen LogP contribution in [0.5, 0.6) is 5.75 Å². The number of aromatic nitrogens is 1. The van der Waals surface area contributed by atoms with E-state index in [-0.39, 0.29) is 5.82 Å². The highest BCUT2D eigenvalue weighted by Gasteiger charge is 2.07. The molecule has 18 heavy (non-hydrogen) atoms. The maximum absolute atomic E-state index is 13.0.